The van der Waals surface area contributed by atoms with Crippen LogP contribution in [0.2, 0.25) is 0 Å². The van der Waals surface area contributed by atoms with E-state index in [9.17, 15) is 4.79 Å². The number of amides is 1. The van der Waals surface area contributed by atoms with Crippen LogP contribution in [-0.2, 0) is 0 Å². The fourth-order valence-corrected chi connectivity index (χ4v) is 2.63. The molecule has 0 aliphatic carbocycles. The molecule has 0 atom stereocenters. The third-order valence-corrected chi connectivity index (χ3v) is 4.64. The Balaban J connectivity index is 2.32. The zero-order chi connectivity index (χ0) is 15.1. The van der Waals surface area contributed by atoms with Crippen LogP contribution < -0.4 is 5.32 Å². The van der Waals surface area contributed by atoms with E-state index in [0.29, 0.717) is 11.6 Å². The summed E-state index contributed by atoms with van der Waals surface area (Å²) in [7, 11) is 2.13. The second kappa shape index (κ2) is 9.00. The molecule has 0 radical (unpaired) electrons. The molecule has 0 spiro atoms. The molecule has 0 saturated heterocycles. The summed E-state index contributed by atoms with van der Waals surface area (Å²) in [4.78, 5) is 14.4. The zero-order valence-electron chi connectivity index (χ0n) is 12.2. The summed E-state index contributed by atoms with van der Waals surface area (Å²) < 4.78 is 1.91. The number of nitrogens with one attached hydrogen (secondary N) is 1. The van der Waals surface area contributed by atoms with Crippen LogP contribution in [0.1, 0.15) is 37.0 Å². The van der Waals surface area contributed by atoms with Gasteiger partial charge in [0, 0.05) is 20.6 Å². The highest BCUT2D eigenvalue weighted by atomic mass is 127. The molecule has 0 aromatic heterocycles. The lowest BCUT2D eigenvalue weighted by Crippen LogP contribution is -2.29. The fraction of sp³-hybridized carbons (Fsp3) is 0.533. The first kappa shape index (κ1) is 17.9. The summed E-state index contributed by atoms with van der Waals surface area (Å²) in [6.07, 6.45) is 2.10. The Labute approximate surface area is 143 Å². The number of benzene rings is 1. The van der Waals surface area contributed by atoms with Gasteiger partial charge in [-0.1, -0.05) is 0 Å². The molecule has 0 aliphatic rings. The van der Waals surface area contributed by atoms with Crippen molar-refractivity contribution in [3.63, 3.8) is 0 Å². The molecule has 0 heterocycles. The summed E-state index contributed by atoms with van der Waals surface area (Å²) in [5.74, 6) is -0.00685. The number of carbonyl (C=O) groups excluding carboxylic acids is 1. The lowest BCUT2D eigenvalue weighted by molar-refractivity contribution is 0.0951. The van der Waals surface area contributed by atoms with Crippen molar-refractivity contribution in [2.24, 2.45) is 0 Å². The maximum Gasteiger partial charge on any atom is 0.252 e. The molecule has 112 valence electrons. The third kappa shape index (κ3) is 6.10. The molecule has 1 N–H and O–H groups in total. The van der Waals surface area contributed by atoms with Crippen LogP contribution in [-0.4, -0.2) is 37.0 Å². The SMILES string of the molecule is CC(C)N(C)CCCCNC(=O)c1cc(I)ccc1Br. The lowest BCUT2D eigenvalue weighted by Gasteiger charge is -2.20. The molecule has 0 fully saturated rings. The van der Waals surface area contributed by atoms with E-state index >= 15 is 0 Å². The van der Waals surface area contributed by atoms with E-state index in [-0.39, 0.29) is 5.91 Å². The highest BCUT2D eigenvalue weighted by molar-refractivity contribution is 14.1. The van der Waals surface area contributed by atoms with E-state index in [1.807, 2.05) is 18.2 Å². The Hall–Kier alpha value is -0.140. The highest BCUT2D eigenvalue weighted by Crippen LogP contribution is 2.19. The molecule has 0 saturated carbocycles. The number of carbonyl (C=O) groups is 1. The summed E-state index contributed by atoms with van der Waals surface area (Å²) in [5, 5.41) is 2.98. The number of nitrogens with zero attached hydrogens (tertiary/aromatic N) is 1. The van der Waals surface area contributed by atoms with Gasteiger partial charge in [-0.25, -0.2) is 0 Å². The van der Waals surface area contributed by atoms with E-state index < -0.39 is 0 Å². The Bertz CT molecular complexity index is 451. The molecule has 1 rings (SSSR count). The first-order chi connectivity index (χ1) is 9.41. The molecule has 0 aliphatic heterocycles. The van der Waals surface area contributed by atoms with Gasteiger partial charge < -0.3 is 10.2 Å². The van der Waals surface area contributed by atoms with Crippen LogP contribution in [0, 0.1) is 3.57 Å². The van der Waals surface area contributed by atoms with Crippen molar-refractivity contribution in [2.45, 2.75) is 32.7 Å². The lowest BCUT2D eigenvalue weighted by atomic mass is 10.2. The quantitative estimate of drug-likeness (QED) is 0.502. The van der Waals surface area contributed by atoms with Gasteiger partial charge in [0.15, 0.2) is 0 Å². The molecule has 1 amide bonds. The van der Waals surface area contributed by atoms with Crippen LogP contribution >= 0.6 is 38.5 Å². The maximum atomic E-state index is 12.1. The van der Waals surface area contributed by atoms with Gasteiger partial charge in [0.1, 0.15) is 0 Å². The van der Waals surface area contributed by atoms with Crippen LogP contribution in [0.5, 0.6) is 0 Å². The van der Waals surface area contributed by atoms with Crippen LogP contribution in [0.15, 0.2) is 22.7 Å². The molecule has 1 aromatic carbocycles. The summed E-state index contributed by atoms with van der Waals surface area (Å²) >= 11 is 5.63. The van der Waals surface area contributed by atoms with E-state index in [1.165, 1.54) is 0 Å². The molecule has 0 bridgehead atoms. The number of halogens is 2. The van der Waals surface area contributed by atoms with Gasteiger partial charge in [-0.05, 0) is 97.0 Å². The smallest absolute Gasteiger partial charge is 0.252 e. The Morgan fingerprint density at radius 2 is 2.10 bits per heavy atom. The van der Waals surface area contributed by atoms with Crippen molar-refractivity contribution in [2.75, 3.05) is 20.1 Å². The molecule has 1 aromatic rings. The zero-order valence-corrected chi connectivity index (χ0v) is 16.0. The average molecular weight is 453 g/mol. The number of unbranched alkanes of at least 4 members (excludes halogenated alkanes) is 1. The van der Waals surface area contributed by atoms with Gasteiger partial charge in [-0.15, -0.1) is 0 Å². The molecular weight excluding hydrogens is 431 g/mol. The minimum Gasteiger partial charge on any atom is -0.352 e. The maximum absolute atomic E-state index is 12.1. The van der Waals surface area contributed by atoms with Gasteiger partial charge in [0.2, 0.25) is 0 Å². The standard InChI is InChI=1S/C15H22BrIN2O/c1-11(2)19(3)9-5-4-8-18-15(20)13-10-12(17)6-7-14(13)16/h6-7,10-11H,4-5,8-9H2,1-3H3,(H,18,20). The first-order valence-electron chi connectivity index (χ1n) is 6.85. The number of hydrogen-bond acceptors (Lipinski definition) is 2. The van der Waals surface area contributed by atoms with Crippen molar-refractivity contribution in [1.82, 2.24) is 10.2 Å². The third-order valence-electron chi connectivity index (χ3n) is 3.28. The minimum absolute atomic E-state index is 0.00685. The second-order valence-corrected chi connectivity index (χ2v) is 7.26. The van der Waals surface area contributed by atoms with E-state index in [4.69, 9.17) is 0 Å². The predicted octanol–water partition coefficient (Wildman–Crippen LogP) is 3.90. The Morgan fingerprint density at radius 1 is 1.40 bits per heavy atom. The van der Waals surface area contributed by atoms with E-state index in [0.717, 1.165) is 34.0 Å². The number of hydrogen-bond donors (Lipinski definition) is 1. The molecule has 20 heavy (non-hydrogen) atoms. The monoisotopic (exact) mass is 452 g/mol. The first-order valence-corrected chi connectivity index (χ1v) is 8.72. The molecule has 5 heteroatoms. The highest BCUT2D eigenvalue weighted by Gasteiger charge is 2.10. The van der Waals surface area contributed by atoms with Crippen molar-refractivity contribution in [3.8, 4) is 0 Å². The molecular formula is C15H22BrIN2O. The van der Waals surface area contributed by atoms with E-state index in [2.05, 4.69) is 69.6 Å². The van der Waals surface area contributed by atoms with Gasteiger partial charge in [0.05, 0.1) is 5.56 Å². The molecule has 0 unspecified atom stereocenters. The van der Waals surface area contributed by atoms with Crippen molar-refractivity contribution >= 4 is 44.4 Å². The van der Waals surface area contributed by atoms with Gasteiger partial charge in [-0.2, -0.15) is 0 Å². The molecule has 3 nitrogen and oxygen atoms in total. The largest absolute Gasteiger partial charge is 0.352 e. The Morgan fingerprint density at radius 3 is 2.75 bits per heavy atom. The summed E-state index contributed by atoms with van der Waals surface area (Å²) in [6.45, 7) is 6.18. The van der Waals surface area contributed by atoms with Crippen LogP contribution in [0.25, 0.3) is 0 Å². The second-order valence-electron chi connectivity index (χ2n) is 5.16. The minimum atomic E-state index is -0.00685. The van der Waals surface area contributed by atoms with Crippen LogP contribution in [0.3, 0.4) is 0 Å². The topological polar surface area (TPSA) is 32.3 Å². The van der Waals surface area contributed by atoms with E-state index in [1.54, 1.807) is 0 Å². The summed E-state index contributed by atoms with van der Waals surface area (Å²) in [5.41, 5.74) is 0.705. The predicted molar refractivity (Wildman–Crippen MR) is 96.2 cm³/mol. The van der Waals surface area contributed by atoms with Gasteiger partial charge in [0.25, 0.3) is 5.91 Å². The normalized spacial score (nSPS) is 11.2. The van der Waals surface area contributed by atoms with Crippen LogP contribution in [0.4, 0.5) is 0 Å². The Kier molecular flexibility index (Phi) is 8.06. The van der Waals surface area contributed by atoms with Gasteiger partial charge in [-0.3, -0.25) is 4.79 Å². The average Bonchev–Trinajstić information content (AvgIpc) is 2.40. The van der Waals surface area contributed by atoms with Crippen molar-refractivity contribution in [3.05, 3.63) is 31.8 Å². The number of rotatable bonds is 7. The van der Waals surface area contributed by atoms with Crippen molar-refractivity contribution < 1.29 is 4.79 Å². The van der Waals surface area contributed by atoms with Crippen molar-refractivity contribution in [1.29, 1.82) is 0 Å². The summed E-state index contributed by atoms with van der Waals surface area (Å²) in [6, 6.07) is 6.36. The van der Waals surface area contributed by atoms with Gasteiger partial charge >= 0.3 is 0 Å². The fourth-order valence-electron chi connectivity index (χ4n) is 1.71.